The van der Waals surface area contributed by atoms with Gasteiger partial charge in [0.2, 0.25) is 0 Å². The van der Waals surface area contributed by atoms with Crippen molar-refractivity contribution in [1.29, 1.82) is 0 Å². The minimum atomic E-state index is -0.0407. The van der Waals surface area contributed by atoms with Crippen molar-refractivity contribution in [1.82, 2.24) is 4.90 Å². The first-order chi connectivity index (χ1) is 8.08. The SMILES string of the molecule is CC(N)C1CCCN(C(=O)c2ccc(Br)o2)C1. The van der Waals surface area contributed by atoms with Crippen LogP contribution in [0.1, 0.15) is 30.3 Å². The molecule has 0 aliphatic carbocycles. The van der Waals surface area contributed by atoms with Crippen LogP contribution in [0.2, 0.25) is 0 Å². The highest BCUT2D eigenvalue weighted by Gasteiger charge is 2.27. The summed E-state index contributed by atoms with van der Waals surface area (Å²) in [7, 11) is 0. The number of rotatable bonds is 2. The Morgan fingerprint density at radius 2 is 2.41 bits per heavy atom. The second-order valence-corrected chi connectivity index (χ2v) is 5.40. The van der Waals surface area contributed by atoms with Crippen LogP contribution in [0.15, 0.2) is 21.2 Å². The summed E-state index contributed by atoms with van der Waals surface area (Å²) in [4.78, 5) is 14.0. The standard InChI is InChI=1S/C12H17BrN2O2/c1-8(14)9-3-2-6-15(7-9)12(16)10-4-5-11(13)17-10/h4-5,8-9H,2-3,6-7,14H2,1H3. The molecule has 2 N–H and O–H groups in total. The second kappa shape index (κ2) is 5.23. The van der Waals surface area contributed by atoms with Crippen molar-refractivity contribution in [2.75, 3.05) is 13.1 Å². The lowest BCUT2D eigenvalue weighted by atomic mass is 9.92. The molecule has 17 heavy (non-hydrogen) atoms. The molecule has 4 nitrogen and oxygen atoms in total. The van der Waals surface area contributed by atoms with Crippen molar-refractivity contribution in [3.63, 3.8) is 0 Å². The molecule has 1 amide bonds. The number of nitrogens with two attached hydrogens (primary N) is 1. The summed E-state index contributed by atoms with van der Waals surface area (Å²) in [5, 5.41) is 0. The average molecular weight is 301 g/mol. The highest BCUT2D eigenvalue weighted by molar-refractivity contribution is 9.10. The third kappa shape index (κ3) is 2.90. The first-order valence-corrected chi connectivity index (χ1v) is 6.67. The summed E-state index contributed by atoms with van der Waals surface area (Å²) in [6, 6.07) is 3.57. The van der Waals surface area contributed by atoms with Gasteiger partial charge in [-0.15, -0.1) is 0 Å². The van der Waals surface area contributed by atoms with Crippen LogP contribution in [-0.2, 0) is 0 Å². The predicted molar refractivity (Wildman–Crippen MR) is 68.7 cm³/mol. The Morgan fingerprint density at radius 3 is 3.00 bits per heavy atom. The summed E-state index contributed by atoms with van der Waals surface area (Å²) in [6.07, 6.45) is 2.11. The van der Waals surface area contributed by atoms with Gasteiger partial charge in [0, 0.05) is 19.1 Å². The lowest BCUT2D eigenvalue weighted by molar-refractivity contribution is 0.0627. The smallest absolute Gasteiger partial charge is 0.289 e. The van der Waals surface area contributed by atoms with Gasteiger partial charge in [0.15, 0.2) is 10.4 Å². The molecule has 1 aliphatic heterocycles. The van der Waals surface area contributed by atoms with Crippen LogP contribution in [0.5, 0.6) is 0 Å². The zero-order valence-electron chi connectivity index (χ0n) is 9.86. The zero-order chi connectivity index (χ0) is 12.4. The van der Waals surface area contributed by atoms with Gasteiger partial charge >= 0.3 is 0 Å². The largest absolute Gasteiger partial charge is 0.444 e. The van der Waals surface area contributed by atoms with E-state index in [0.29, 0.717) is 16.3 Å². The molecule has 94 valence electrons. The Labute approximate surface area is 109 Å². The molecule has 2 atom stereocenters. The van der Waals surface area contributed by atoms with E-state index in [1.807, 2.05) is 11.8 Å². The van der Waals surface area contributed by atoms with Crippen molar-refractivity contribution in [3.05, 3.63) is 22.6 Å². The predicted octanol–water partition coefficient (Wildman–Crippen LogP) is 2.24. The van der Waals surface area contributed by atoms with Crippen LogP contribution in [-0.4, -0.2) is 29.9 Å². The minimum Gasteiger partial charge on any atom is -0.444 e. The van der Waals surface area contributed by atoms with Gasteiger partial charge in [-0.1, -0.05) is 0 Å². The molecule has 5 heteroatoms. The van der Waals surface area contributed by atoms with E-state index < -0.39 is 0 Å². The lowest BCUT2D eigenvalue weighted by Gasteiger charge is -2.34. The van der Waals surface area contributed by atoms with Gasteiger partial charge in [0.05, 0.1) is 0 Å². The van der Waals surface area contributed by atoms with Gasteiger partial charge in [0.25, 0.3) is 5.91 Å². The van der Waals surface area contributed by atoms with Crippen LogP contribution in [0, 0.1) is 5.92 Å². The Hall–Kier alpha value is -0.810. The molecule has 1 aromatic heterocycles. The van der Waals surface area contributed by atoms with E-state index in [-0.39, 0.29) is 11.9 Å². The highest BCUT2D eigenvalue weighted by Crippen LogP contribution is 2.22. The first-order valence-electron chi connectivity index (χ1n) is 5.88. The molecule has 2 unspecified atom stereocenters. The van der Waals surface area contributed by atoms with E-state index in [2.05, 4.69) is 15.9 Å². The number of halogens is 1. The topological polar surface area (TPSA) is 59.5 Å². The van der Waals surface area contributed by atoms with Crippen molar-refractivity contribution >= 4 is 21.8 Å². The van der Waals surface area contributed by atoms with Crippen molar-refractivity contribution in [3.8, 4) is 0 Å². The van der Waals surface area contributed by atoms with Crippen molar-refractivity contribution in [2.24, 2.45) is 11.7 Å². The average Bonchev–Trinajstić information content (AvgIpc) is 2.75. The molecular formula is C12H17BrN2O2. The van der Waals surface area contributed by atoms with E-state index in [1.54, 1.807) is 12.1 Å². The number of piperidine rings is 1. The fourth-order valence-corrected chi connectivity index (χ4v) is 2.52. The summed E-state index contributed by atoms with van der Waals surface area (Å²) >= 11 is 3.20. The van der Waals surface area contributed by atoms with E-state index in [1.165, 1.54) is 0 Å². The monoisotopic (exact) mass is 300 g/mol. The molecular weight excluding hydrogens is 284 g/mol. The summed E-state index contributed by atoms with van der Waals surface area (Å²) < 4.78 is 5.87. The number of furan rings is 1. The van der Waals surface area contributed by atoms with Crippen LogP contribution >= 0.6 is 15.9 Å². The lowest BCUT2D eigenvalue weighted by Crippen LogP contribution is -2.44. The van der Waals surface area contributed by atoms with Gasteiger partial charge in [-0.25, -0.2) is 0 Å². The molecule has 2 rings (SSSR count). The van der Waals surface area contributed by atoms with E-state index in [4.69, 9.17) is 10.2 Å². The molecule has 1 saturated heterocycles. The zero-order valence-corrected chi connectivity index (χ0v) is 11.4. The molecule has 1 aromatic rings. The fraction of sp³-hybridized carbons (Fsp3) is 0.583. The first kappa shape index (κ1) is 12.6. The third-order valence-electron chi connectivity index (χ3n) is 3.27. The molecule has 0 spiro atoms. The number of hydrogen-bond acceptors (Lipinski definition) is 3. The normalized spacial score (nSPS) is 22.5. The van der Waals surface area contributed by atoms with E-state index >= 15 is 0 Å². The maximum atomic E-state index is 12.2. The fourth-order valence-electron chi connectivity index (χ4n) is 2.21. The highest BCUT2D eigenvalue weighted by atomic mass is 79.9. The molecule has 0 radical (unpaired) electrons. The van der Waals surface area contributed by atoms with E-state index in [0.717, 1.165) is 25.9 Å². The van der Waals surface area contributed by atoms with Gasteiger partial charge in [0.1, 0.15) is 0 Å². The minimum absolute atomic E-state index is 0.0407. The van der Waals surface area contributed by atoms with E-state index in [9.17, 15) is 4.79 Å². The summed E-state index contributed by atoms with van der Waals surface area (Å²) in [6.45, 7) is 3.53. The van der Waals surface area contributed by atoms with Gasteiger partial charge in [-0.05, 0) is 53.7 Å². The third-order valence-corrected chi connectivity index (χ3v) is 3.70. The molecule has 0 saturated carbocycles. The summed E-state index contributed by atoms with van der Waals surface area (Å²) in [5.41, 5.74) is 5.90. The van der Waals surface area contributed by atoms with Gasteiger partial charge < -0.3 is 15.1 Å². The Kier molecular flexibility index (Phi) is 3.89. The number of hydrogen-bond donors (Lipinski definition) is 1. The number of carbonyl (C=O) groups excluding carboxylic acids is 1. The number of nitrogens with zero attached hydrogens (tertiary/aromatic N) is 1. The van der Waals surface area contributed by atoms with Crippen molar-refractivity contribution < 1.29 is 9.21 Å². The maximum Gasteiger partial charge on any atom is 0.289 e. The molecule has 0 aromatic carbocycles. The Morgan fingerprint density at radius 1 is 1.65 bits per heavy atom. The number of carbonyl (C=O) groups is 1. The van der Waals surface area contributed by atoms with Crippen molar-refractivity contribution in [2.45, 2.75) is 25.8 Å². The number of likely N-dealkylation sites (tertiary alicyclic amines) is 1. The maximum absolute atomic E-state index is 12.2. The van der Waals surface area contributed by atoms with Crippen LogP contribution in [0.25, 0.3) is 0 Å². The molecule has 1 fully saturated rings. The quantitative estimate of drug-likeness (QED) is 0.911. The Balaban J connectivity index is 2.04. The Bertz CT molecular complexity index is 403. The molecule has 2 heterocycles. The molecule has 1 aliphatic rings. The summed E-state index contributed by atoms with van der Waals surface area (Å²) in [5.74, 6) is 0.745. The molecule has 0 bridgehead atoms. The van der Waals surface area contributed by atoms with Crippen LogP contribution < -0.4 is 5.73 Å². The van der Waals surface area contributed by atoms with Gasteiger partial charge in [-0.2, -0.15) is 0 Å². The number of amides is 1. The van der Waals surface area contributed by atoms with Crippen LogP contribution in [0.3, 0.4) is 0 Å². The van der Waals surface area contributed by atoms with Crippen LogP contribution in [0.4, 0.5) is 0 Å². The second-order valence-electron chi connectivity index (χ2n) is 4.62. The van der Waals surface area contributed by atoms with Gasteiger partial charge in [-0.3, -0.25) is 4.79 Å².